The van der Waals surface area contributed by atoms with Gasteiger partial charge in [0.15, 0.2) is 0 Å². The third-order valence-corrected chi connectivity index (χ3v) is 6.46. The molecule has 0 bridgehead atoms. The Bertz CT molecular complexity index is 320. The zero-order valence-corrected chi connectivity index (χ0v) is 11.1. The van der Waals surface area contributed by atoms with Gasteiger partial charge in [-0.2, -0.15) is 4.31 Å². The van der Waals surface area contributed by atoms with Crippen molar-refractivity contribution in [3.05, 3.63) is 0 Å². The van der Waals surface area contributed by atoms with Crippen molar-refractivity contribution in [1.29, 1.82) is 0 Å². The van der Waals surface area contributed by atoms with Gasteiger partial charge in [0.25, 0.3) is 0 Å². The molecule has 2 aliphatic rings. The van der Waals surface area contributed by atoms with E-state index >= 15 is 0 Å². The maximum Gasteiger partial charge on any atom is 0.224 e. The fourth-order valence-corrected chi connectivity index (χ4v) is 4.21. The van der Waals surface area contributed by atoms with Gasteiger partial charge >= 0.3 is 0 Å². The van der Waals surface area contributed by atoms with Gasteiger partial charge in [0.2, 0.25) is 10.0 Å². The van der Waals surface area contributed by atoms with Crippen LogP contribution in [-0.4, -0.2) is 54.5 Å². The smallest absolute Gasteiger partial charge is 0.224 e. The second-order valence-electron chi connectivity index (χ2n) is 4.26. The molecular weight excluding hydrogens is 280 g/mol. The summed E-state index contributed by atoms with van der Waals surface area (Å²) >= 11 is 3.05. The van der Waals surface area contributed by atoms with Crippen molar-refractivity contribution >= 4 is 26.0 Å². The van der Waals surface area contributed by atoms with Crippen molar-refractivity contribution in [3.8, 4) is 0 Å². The summed E-state index contributed by atoms with van der Waals surface area (Å²) in [6.45, 7) is 3.39. The SMILES string of the molecule is O=S(=O)(CBr)N1CCN2CCCCC2C1. The van der Waals surface area contributed by atoms with Crippen LogP contribution in [0.1, 0.15) is 19.3 Å². The maximum atomic E-state index is 11.7. The zero-order chi connectivity index (χ0) is 10.9. The Balaban J connectivity index is 2.02. The van der Waals surface area contributed by atoms with Crippen LogP contribution >= 0.6 is 15.9 Å². The molecule has 1 atom stereocenters. The number of hydrogen-bond acceptors (Lipinski definition) is 3. The van der Waals surface area contributed by atoms with Gasteiger partial charge in [-0.25, -0.2) is 8.42 Å². The molecule has 0 N–H and O–H groups in total. The first kappa shape index (κ1) is 11.8. The van der Waals surface area contributed by atoms with Gasteiger partial charge < -0.3 is 0 Å². The highest BCUT2D eigenvalue weighted by Crippen LogP contribution is 2.22. The fraction of sp³-hybridized carbons (Fsp3) is 1.00. The van der Waals surface area contributed by atoms with Gasteiger partial charge in [0.05, 0.1) is 0 Å². The summed E-state index contributed by atoms with van der Waals surface area (Å²) in [7, 11) is -3.05. The van der Waals surface area contributed by atoms with Crippen LogP contribution in [-0.2, 0) is 10.0 Å². The van der Waals surface area contributed by atoms with Crippen molar-refractivity contribution in [1.82, 2.24) is 9.21 Å². The number of rotatable bonds is 2. The molecular formula is C9H17BrN2O2S. The Morgan fingerprint density at radius 3 is 2.73 bits per heavy atom. The van der Waals surface area contributed by atoms with E-state index in [-0.39, 0.29) is 4.66 Å². The number of hydrogen-bond donors (Lipinski definition) is 0. The average molecular weight is 297 g/mol. The van der Waals surface area contributed by atoms with Crippen molar-refractivity contribution in [2.24, 2.45) is 0 Å². The maximum absolute atomic E-state index is 11.7. The minimum atomic E-state index is -3.05. The molecule has 88 valence electrons. The van der Waals surface area contributed by atoms with Crippen LogP contribution in [0.3, 0.4) is 0 Å². The minimum Gasteiger partial charge on any atom is -0.298 e. The van der Waals surface area contributed by atoms with Gasteiger partial charge in [-0.1, -0.05) is 22.4 Å². The molecule has 0 radical (unpaired) electrons. The largest absolute Gasteiger partial charge is 0.298 e. The fourth-order valence-electron chi connectivity index (χ4n) is 2.45. The quantitative estimate of drug-likeness (QED) is 0.709. The van der Waals surface area contributed by atoms with Crippen molar-refractivity contribution < 1.29 is 8.42 Å². The molecule has 0 aromatic rings. The van der Waals surface area contributed by atoms with Crippen LogP contribution in [0.2, 0.25) is 0 Å². The molecule has 2 fully saturated rings. The molecule has 0 aliphatic carbocycles. The molecule has 6 heteroatoms. The van der Waals surface area contributed by atoms with Crippen LogP contribution in [0.5, 0.6) is 0 Å². The molecule has 2 rings (SSSR count). The Morgan fingerprint density at radius 2 is 2.00 bits per heavy atom. The highest BCUT2D eigenvalue weighted by molar-refractivity contribution is 9.10. The Labute approximate surface area is 99.8 Å². The molecule has 2 aliphatic heterocycles. The van der Waals surface area contributed by atoms with E-state index in [0.717, 1.165) is 19.5 Å². The summed E-state index contributed by atoms with van der Waals surface area (Å²) < 4.78 is 25.1. The molecule has 2 heterocycles. The van der Waals surface area contributed by atoms with E-state index in [9.17, 15) is 8.42 Å². The van der Waals surface area contributed by atoms with Gasteiger partial charge in [-0.15, -0.1) is 0 Å². The molecule has 4 nitrogen and oxygen atoms in total. The molecule has 0 spiro atoms. The van der Waals surface area contributed by atoms with Gasteiger partial charge in [0, 0.05) is 25.7 Å². The predicted octanol–water partition coefficient (Wildman–Crippen LogP) is 0.839. The first-order valence-electron chi connectivity index (χ1n) is 5.41. The summed E-state index contributed by atoms with van der Waals surface area (Å²) in [5, 5.41) is 0. The van der Waals surface area contributed by atoms with E-state index in [2.05, 4.69) is 20.8 Å². The average Bonchev–Trinajstić information content (AvgIpc) is 2.28. The zero-order valence-electron chi connectivity index (χ0n) is 8.73. The highest BCUT2D eigenvalue weighted by Gasteiger charge is 2.33. The lowest BCUT2D eigenvalue weighted by Crippen LogP contribution is -2.56. The number of fused-ring (bicyclic) bond motifs is 1. The highest BCUT2D eigenvalue weighted by atomic mass is 79.9. The van der Waals surface area contributed by atoms with E-state index < -0.39 is 10.0 Å². The number of alkyl halides is 1. The molecule has 0 aromatic heterocycles. The van der Waals surface area contributed by atoms with Gasteiger partial charge in [-0.3, -0.25) is 4.90 Å². The summed E-state index contributed by atoms with van der Waals surface area (Å²) in [4.78, 5) is 2.43. The first-order chi connectivity index (χ1) is 7.13. The molecule has 0 saturated carbocycles. The number of piperidine rings is 1. The molecule has 0 aromatic carbocycles. The predicted molar refractivity (Wildman–Crippen MR) is 63.5 cm³/mol. The molecule has 2 saturated heterocycles. The van der Waals surface area contributed by atoms with Crippen LogP contribution in [0.25, 0.3) is 0 Å². The monoisotopic (exact) mass is 296 g/mol. The van der Waals surface area contributed by atoms with Crippen molar-refractivity contribution in [3.63, 3.8) is 0 Å². The normalized spacial score (nSPS) is 30.1. The minimum absolute atomic E-state index is 0.0483. The van der Waals surface area contributed by atoms with Crippen LogP contribution in [0, 0.1) is 0 Å². The number of piperazine rings is 1. The van der Waals surface area contributed by atoms with E-state index in [1.165, 1.54) is 12.8 Å². The van der Waals surface area contributed by atoms with Crippen LogP contribution < -0.4 is 0 Å². The Morgan fingerprint density at radius 1 is 1.20 bits per heavy atom. The summed E-state index contributed by atoms with van der Waals surface area (Å²) in [5.41, 5.74) is 0. The lowest BCUT2D eigenvalue weighted by molar-refractivity contribution is 0.0854. The van der Waals surface area contributed by atoms with Crippen LogP contribution in [0.4, 0.5) is 0 Å². The van der Waals surface area contributed by atoms with Crippen molar-refractivity contribution in [2.75, 3.05) is 30.8 Å². The second kappa shape index (κ2) is 4.69. The van der Waals surface area contributed by atoms with Gasteiger partial charge in [0.1, 0.15) is 4.66 Å². The van der Waals surface area contributed by atoms with E-state index in [1.54, 1.807) is 4.31 Å². The summed E-state index contributed by atoms with van der Waals surface area (Å²) in [5.74, 6) is 0. The Hall–Kier alpha value is 0.350. The lowest BCUT2D eigenvalue weighted by atomic mass is 10.0. The van der Waals surface area contributed by atoms with Crippen LogP contribution in [0.15, 0.2) is 0 Å². The number of halogens is 1. The number of nitrogens with zero attached hydrogens (tertiary/aromatic N) is 2. The number of sulfonamides is 1. The van der Waals surface area contributed by atoms with Crippen molar-refractivity contribution in [2.45, 2.75) is 25.3 Å². The topological polar surface area (TPSA) is 40.6 Å². The Kier molecular flexibility index (Phi) is 3.70. The molecule has 1 unspecified atom stereocenters. The molecule has 0 amide bonds. The first-order valence-corrected chi connectivity index (χ1v) is 8.14. The van der Waals surface area contributed by atoms with E-state index in [0.29, 0.717) is 19.1 Å². The standard InChI is InChI=1S/C9H17BrN2O2S/c10-8-15(13,14)12-6-5-11-4-2-1-3-9(11)7-12/h9H,1-8H2. The van der Waals surface area contributed by atoms with E-state index in [1.807, 2.05) is 0 Å². The summed E-state index contributed by atoms with van der Waals surface area (Å²) in [6, 6.07) is 0.460. The summed E-state index contributed by atoms with van der Waals surface area (Å²) in [6.07, 6.45) is 3.65. The van der Waals surface area contributed by atoms with E-state index in [4.69, 9.17) is 0 Å². The van der Waals surface area contributed by atoms with Gasteiger partial charge in [-0.05, 0) is 19.4 Å². The second-order valence-corrected chi connectivity index (χ2v) is 7.54. The third-order valence-electron chi connectivity index (χ3n) is 3.33. The third kappa shape index (κ3) is 2.54. The lowest BCUT2D eigenvalue weighted by Gasteiger charge is -2.43. The molecule has 15 heavy (non-hydrogen) atoms.